The molecule has 2 rings (SSSR count). The van der Waals surface area contributed by atoms with Crippen LogP contribution in [-0.4, -0.2) is 25.0 Å². The van der Waals surface area contributed by atoms with Crippen molar-refractivity contribution in [1.82, 2.24) is 4.90 Å². The number of nitrogens with zero attached hydrogens (tertiary/aromatic N) is 1. The molecule has 0 unspecified atom stereocenters. The highest BCUT2D eigenvalue weighted by Crippen LogP contribution is 2.25. The molecule has 0 fully saturated rings. The molecule has 1 nitrogen and oxygen atoms in total. The lowest BCUT2D eigenvalue weighted by Crippen LogP contribution is -2.23. The summed E-state index contributed by atoms with van der Waals surface area (Å²) in [6.45, 7) is 4.05. The van der Waals surface area contributed by atoms with Crippen LogP contribution in [0.15, 0.2) is 24.3 Å². The van der Waals surface area contributed by atoms with Crippen LogP contribution in [0, 0.1) is 12.7 Å². The number of hydrogen-bond donors (Lipinski definition) is 0. The third-order valence-electron chi connectivity index (χ3n) is 2.95. The molecule has 80 valence electrons. The summed E-state index contributed by atoms with van der Waals surface area (Å²) in [4.78, 5) is 2.28. The molecule has 0 spiro atoms. The largest absolute Gasteiger partial charge is 0.302 e. The zero-order valence-electron chi connectivity index (χ0n) is 9.26. The van der Waals surface area contributed by atoms with E-state index in [9.17, 15) is 4.39 Å². The Kier molecular flexibility index (Phi) is 2.87. The second-order valence-electron chi connectivity index (χ2n) is 4.20. The van der Waals surface area contributed by atoms with Crippen LogP contribution in [0.3, 0.4) is 0 Å². The number of rotatable bonds is 1. The van der Waals surface area contributed by atoms with Crippen molar-refractivity contribution < 1.29 is 4.39 Å². The zero-order valence-corrected chi connectivity index (χ0v) is 9.26. The molecule has 0 aliphatic carbocycles. The van der Waals surface area contributed by atoms with Gasteiger partial charge < -0.3 is 4.90 Å². The predicted octanol–water partition coefficient (Wildman–Crippen LogP) is 2.85. The number of benzene rings is 1. The molecule has 0 radical (unpaired) electrons. The van der Waals surface area contributed by atoms with Crippen LogP contribution >= 0.6 is 0 Å². The number of halogens is 1. The summed E-state index contributed by atoms with van der Waals surface area (Å²) in [6.07, 6.45) is 3.30. The van der Waals surface area contributed by atoms with Crippen molar-refractivity contribution >= 4 is 5.57 Å². The molecule has 0 saturated heterocycles. The van der Waals surface area contributed by atoms with Crippen molar-refractivity contribution in [3.05, 3.63) is 41.2 Å². The molecular formula is C13H16FN. The van der Waals surface area contributed by atoms with Gasteiger partial charge in [-0.05, 0) is 49.2 Å². The molecule has 1 heterocycles. The van der Waals surface area contributed by atoms with E-state index in [1.54, 1.807) is 12.1 Å². The van der Waals surface area contributed by atoms with Gasteiger partial charge in [-0.15, -0.1) is 0 Å². The van der Waals surface area contributed by atoms with E-state index < -0.39 is 0 Å². The molecule has 1 aliphatic heterocycles. The number of hydrogen-bond acceptors (Lipinski definition) is 1. The highest BCUT2D eigenvalue weighted by atomic mass is 19.1. The maximum Gasteiger partial charge on any atom is 0.123 e. The molecule has 1 aliphatic rings. The third-order valence-corrected chi connectivity index (χ3v) is 2.95. The van der Waals surface area contributed by atoms with Gasteiger partial charge in [-0.1, -0.05) is 12.1 Å². The minimum Gasteiger partial charge on any atom is -0.302 e. The van der Waals surface area contributed by atoms with E-state index in [0.29, 0.717) is 0 Å². The lowest BCUT2D eigenvalue weighted by Gasteiger charge is -2.22. The molecule has 0 aromatic heterocycles. The van der Waals surface area contributed by atoms with Crippen LogP contribution in [0.5, 0.6) is 0 Å². The fourth-order valence-electron chi connectivity index (χ4n) is 2.00. The molecule has 0 amide bonds. The van der Waals surface area contributed by atoms with Crippen LogP contribution in [0.25, 0.3) is 5.57 Å². The Bertz CT molecular complexity index is 396. The van der Waals surface area contributed by atoms with Gasteiger partial charge in [0.15, 0.2) is 0 Å². The fourth-order valence-corrected chi connectivity index (χ4v) is 2.00. The summed E-state index contributed by atoms with van der Waals surface area (Å²) in [5, 5.41) is 0. The first kappa shape index (κ1) is 10.4. The summed E-state index contributed by atoms with van der Waals surface area (Å²) in [5.74, 6) is -0.148. The number of likely N-dealkylation sites (N-methyl/N-ethyl adjacent to an activating group) is 1. The molecule has 0 saturated carbocycles. The van der Waals surface area contributed by atoms with E-state index in [1.807, 2.05) is 13.0 Å². The van der Waals surface area contributed by atoms with Crippen LogP contribution < -0.4 is 0 Å². The Morgan fingerprint density at radius 3 is 2.73 bits per heavy atom. The van der Waals surface area contributed by atoms with E-state index in [2.05, 4.69) is 18.0 Å². The molecule has 0 atom stereocenters. The van der Waals surface area contributed by atoms with E-state index in [1.165, 1.54) is 11.1 Å². The predicted molar refractivity (Wildman–Crippen MR) is 61.2 cm³/mol. The van der Waals surface area contributed by atoms with Gasteiger partial charge in [0.25, 0.3) is 0 Å². The summed E-state index contributed by atoms with van der Waals surface area (Å²) in [7, 11) is 2.12. The Hall–Kier alpha value is -1.15. The highest BCUT2D eigenvalue weighted by molar-refractivity contribution is 5.69. The van der Waals surface area contributed by atoms with Gasteiger partial charge in [-0.2, -0.15) is 0 Å². The molecular weight excluding hydrogens is 189 g/mol. The Morgan fingerprint density at radius 1 is 1.33 bits per heavy atom. The summed E-state index contributed by atoms with van der Waals surface area (Å²) in [5.41, 5.74) is 3.58. The van der Waals surface area contributed by atoms with E-state index in [0.717, 1.165) is 25.1 Å². The zero-order chi connectivity index (χ0) is 10.8. The van der Waals surface area contributed by atoms with Crippen molar-refractivity contribution in [2.45, 2.75) is 13.3 Å². The van der Waals surface area contributed by atoms with Crippen LogP contribution in [0.4, 0.5) is 4.39 Å². The third kappa shape index (κ3) is 2.26. The topological polar surface area (TPSA) is 3.24 Å². The van der Waals surface area contributed by atoms with Crippen molar-refractivity contribution in [1.29, 1.82) is 0 Å². The van der Waals surface area contributed by atoms with Crippen molar-refractivity contribution in [3.63, 3.8) is 0 Å². The fraction of sp³-hybridized carbons (Fsp3) is 0.385. The van der Waals surface area contributed by atoms with Gasteiger partial charge in [0, 0.05) is 13.1 Å². The highest BCUT2D eigenvalue weighted by Gasteiger charge is 2.11. The maximum absolute atomic E-state index is 12.9. The van der Waals surface area contributed by atoms with Gasteiger partial charge in [0.1, 0.15) is 5.82 Å². The standard InChI is InChI=1S/C13H16FN/c1-10-9-12(14)3-4-13(10)11-5-7-15(2)8-6-11/h3-5,9H,6-8H2,1-2H3. The van der Waals surface area contributed by atoms with Crippen LogP contribution in [0.1, 0.15) is 17.5 Å². The molecule has 15 heavy (non-hydrogen) atoms. The first-order valence-corrected chi connectivity index (χ1v) is 5.31. The quantitative estimate of drug-likeness (QED) is 0.681. The normalized spacial score (nSPS) is 17.7. The molecule has 1 aromatic rings. The van der Waals surface area contributed by atoms with E-state index in [4.69, 9.17) is 0 Å². The molecule has 0 bridgehead atoms. The molecule has 0 N–H and O–H groups in total. The Morgan fingerprint density at radius 2 is 2.13 bits per heavy atom. The average molecular weight is 205 g/mol. The SMILES string of the molecule is Cc1cc(F)ccc1C1=CCN(C)CC1. The van der Waals surface area contributed by atoms with Crippen LogP contribution in [0.2, 0.25) is 0 Å². The van der Waals surface area contributed by atoms with E-state index in [-0.39, 0.29) is 5.82 Å². The van der Waals surface area contributed by atoms with Gasteiger partial charge in [0.2, 0.25) is 0 Å². The van der Waals surface area contributed by atoms with E-state index >= 15 is 0 Å². The molecule has 1 aromatic carbocycles. The first-order chi connectivity index (χ1) is 7.16. The minimum atomic E-state index is -0.148. The van der Waals surface area contributed by atoms with Gasteiger partial charge >= 0.3 is 0 Å². The summed E-state index contributed by atoms with van der Waals surface area (Å²) >= 11 is 0. The van der Waals surface area contributed by atoms with Gasteiger partial charge in [-0.3, -0.25) is 0 Å². The summed E-state index contributed by atoms with van der Waals surface area (Å²) in [6, 6.07) is 5.04. The Balaban J connectivity index is 2.30. The van der Waals surface area contributed by atoms with Crippen molar-refractivity contribution in [2.24, 2.45) is 0 Å². The first-order valence-electron chi connectivity index (χ1n) is 5.31. The minimum absolute atomic E-state index is 0.148. The lowest BCUT2D eigenvalue weighted by molar-refractivity contribution is 0.370. The maximum atomic E-state index is 12.9. The van der Waals surface area contributed by atoms with Crippen molar-refractivity contribution in [2.75, 3.05) is 20.1 Å². The Labute approximate surface area is 90.2 Å². The number of aryl methyl sites for hydroxylation is 1. The second-order valence-corrected chi connectivity index (χ2v) is 4.20. The van der Waals surface area contributed by atoms with Crippen LogP contribution in [-0.2, 0) is 0 Å². The monoisotopic (exact) mass is 205 g/mol. The lowest BCUT2D eigenvalue weighted by atomic mass is 9.96. The summed E-state index contributed by atoms with van der Waals surface area (Å²) < 4.78 is 12.9. The van der Waals surface area contributed by atoms with Gasteiger partial charge in [-0.25, -0.2) is 4.39 Å². The molecule has 2 heteroatoms. The second kappa shape index (κ2) is 4.15. The van der Waals surface area contributed by atoms with Gasteiger partial charge in [0.05, 0.1) is 0 Å². The average Bonchev–Trinajstić information content (AvgIpc) is 2.20. The smallest absolute Gasteiger partial charge is 0.123 e. The van der Waals surface area contributed by atoms with Crippen molar-refractivity contribution in [3.8, 4) is 0 Å².